The highest BCUT2D eigenvalue weighted by atomic mass is 16.5. The highest BCUT2D eigenvalue weighted by molar-refractivity contribution is 5.92. The second kappa shape index (κ2) is 7.86. The van der Waals surface area contributed by atoms with Gasteiger partial charge in [-0.05, 0) is 24.6 Å². The predicted octanol–water partition coefficient (Wildman–Crippen LogP) is 1.69. The van der Waals surface area contributed by atoms with Crippen LogP contribution in [0, 0.1) is 6.92 Å². The molecule has 2 aromatic carbocycles. The molecule has 0 unspecified atom stereocenters. The van der Waals surface area contributed by atoms with E-state index in [1.165, 1.54) is 10.7 Å². The number of para-hydroxylation sites is 2. The van der Waals surface area contributed by atoms with Gasteiger partial charge in [-0.15, -0.1) is 5.10 Å². The lowest BCUT2D eigenvalue weighted by molar-refractivity contribution is -0.122. The summed E-state index contributed by atoms with van der Waals surface area (Å²) >= 11 is 0. The second-order valence-electron chi connectivity index (χ2n) is 6.78. The van der Waals surface area contributed by atoms with Crippen molar-refractivity contribution in [1.82, 2.24) is 24.5 Å². The number of hydrogen-bond acceptors (Lipinski definition) is 6. The Balaban J connectivity index is 1.57. The van der Waals surface area contributed by atoms with Crippen molar-refractivity contribution in [1.29, 1.82) is 0 Å². The molecule has 0 aliphatic rings. The number of carbonyl (C=O) groups excluding carboxylic acids is 1. The molecule has 0 aliphatic carbocycles. The largest absolute Gasteiger partial charge is 0.493 e. The molecule has 9 heteroatoms. The van der Waals surface area contributed by atoms with Crippen molar-refractivity contribution in [3.05, 3.63) is 64.3 Å². The number of aryl methyl sites for hydroxylation is 1. The first-order chi connectivity index (χ1) is 14.5. The number of nitrogens with zero attached hydrogens (tertiary/aromatic N) is 4. The van der Waals surface area contributed by atoms with Gasteiger partial charge in [-0.1, -0.05) is 24.3 Å². The lowest BCUT2D eigenvalue weighted by Gasteiger charge is -2.13. The van der Waals surface area contributed by atoms with Crippen molar-refractivity contribution < 1.29 is 14.3 Å². The summed E-state index contributed by atoms with van der Waals surface area (Å²) in [5.41, 5.74) is 2.57. The number of ether oxygens (including phenoxy) is 2. The Morgan fingerprint density at radius 3 is 2.70 bits per heavy atom. The molecule has 0 aliphatic heterocycles. The Hall–Kier alpha value is -3.88. The van der Waals surface area contributed by atoms with E-state index >= 15 is 0 Å². The lowest BCUT2D eigenvalue weighted by atomic mass is 10.1. The average Bonchev–Trinajstić information content (AvgIpc) is 3.07. The maximum atomic E-state index is 12.7. The van der Waals surface area contributed by atoms with Gasteiger partial charge in [0.05, 0.1) is 19.7 Å². The monoisotopic (exact) mass is 407 g/mol. The third-order valence-electron chi connectivity index (χ3n) is 4.91. The van der Waals surface area contributed by atoms with E-state index in [4.69, 9.17) is 9.47 Å². The van der Waals surface area contributed by atoms with E-state index in [1.54, 1.807) is 20.3 Å². The number of hydrogen-bond donors (Lipinski definition) is 1. The molecule has 154 valence electrons. The van der Waals surface area contributed by atoms with Crippen LogP contribution < -0.4 is 20.5 Å². The first kappa shape index (κ1) is 19.4. The summed E-state index contributed by atoms with van der Waals surface area (Å²) in [6.07, 6.45) is 1.44. The number of nitrogens with one attached hydrogen (secondary N) is 1. The normalized spacial score (nSPS) is 11.0. The fraction of sp³-hybridized carbons (Fsp3) is 0.238. The minimum absolute atomic E-state index is 0.208. The van der Waals surface area contributed by atoms with Crippen molar-refractivity contribution in [2.24, 2.45) is 0 Å². The molecule has 0 radical (unpaired) electrons. The van der Waals surface area contributed by atoms with Crippen LogP contribution in [0.25, 0.3) is 16.6 Å². The highest BCUT2D eigenvalue weighted by Crippen LogP contribution is 2.30. The smallest absolute Gasteiger partial charge is 0.352 e. The van der Waals surface area contributed by atoms with Gasteiger partial charge in [0.2, 0.25) is 5.91 Å². The Morgan fingerprint density at radius 1 is 1.13 bits per heavy atom. The quantitative estimate of drug-likeness (QED) is 0.522. The number of methoxy groups -OCH3 is 2. The van der Waals surface area contributed by atoms with Crippen LogP contribution >= 0.6 is 0 Å². The minimum Gasteiger partial charge on any atom is -0.493 e. The molecule has 1 amide bonds. The fourth-order valence-corrected chi connectivity index (χ4v) is 3.42. The first-order valence-electron chi connectivity index (χ1n) is 9.33. The molecule has 0 spiro atoms. The number of aromatic nitrogens is 4. The van der Waals surface area contributed by atoms with Crippen LogP contribution in [0.1, 0.15) is 11.1 Å². The molecule has 9 nitrogen and oxygen atoms in total. The molecule has 4 rings (SSSR count). The summed E-state index contributed by atoms with van der Waals surface area (Å²) in [5, 5.41) is 7.91. The van der Waals surface area contributed by atoms with Crippen LogP contribution in [-0.2, 0) is 17.9 Å². The maximum Gasteiger partial charge on any atom is 0.352 e. The zero-order valence-electron chi connectivity index (χ0n) is 16.9. The third-order valence-corrected chi connectivity index (χ3v) is 4.91. The molecule has 2 aromatic heterocycles. The van der Waals surface area contributed by atoms with Gasteiger partial charge in [-0.2, -0.15) is 0 Å². The zero-order chi connectivity index (χ0) is 21.3. The molecular weight excluding hydrogens is 386 g/mol. The topological polar surface area (TPSA) is 99.7 Å². The van der Waals surface area contributed by atoms with Gasteiger partial charge < -0.3 is 14.8 Å². The summed E-state index contributed by atoms with van der Waals surface area (Å²) in [5.74, 6) is 0.785. The van der Waals surface area contributed by atoms with Crippen molar-refractivity contribution >= 4 is 22.5 Å². The maximum absolute atomic E-state index is 12.7. The summed E-state index contributed by atoms with van der Waals surface area (Å²) in [7, 11) is 3.09. The molecule has 0 atom stereocenters. The van der Waals surface area contributed by atoms with Crippen LogP contribution in [0.15, 0.2) is 47.5 Å². The zero-order valence-corrected chi connectivity index (χ0v) is 16.9. The molecule has 0 saturated heterocycles. The number of fused-ring (bicyclic) bond motifs is 3. The van der Waals surface area contributed by atoms with Gasteiger partial charge in [-0.25, -0.2) is 18.9 Å². The Bertz CT molecular complexity index is 1310. The van der Waals surface area contributed by atoms with Crippen LogP contribution in [0.2, 0.25) is 0 Å². The predicted molar refractivity (Wildman–Crippen MR) is 111 cm³/mol. The molecule has 0 fully saturated rings. The molecule has 1 N–H and O–H groups in total. The van der Waals surface area contributed by atoms with Gasteiger partial charge in [0.15, 0.2) is 17.1 Å². The van der Waals surface area contributed by atoms with E-state index in [0.717, 1.165) is 26.7 Å². The Kier molecular flexibility index (Phi) is 5.09. The summed E-state index contributed by atoms with van der Waals surface area (Å²) in [4.78, 5) is 29.5. The van der Waals surface area contributed by atoms with Gasteiger partial charge in [0.25, 0.3) is 0 Å². The SMILES string of the molecule is COc1cccc(CNC(=O)Cn2nc3c4cccc(C)c4ncn3c2=O)c1OC. The van der Waals surface area contributed by atoms with Gasteiger partial charge in [0, 0.05) is 17.5 Å². The molecule has 0 saturated carbocycles. The number of carbonyl (C=O) groups is 1. The molecule has 2 heterocycles. The second-order valence-corrected chi connectivity index (χ2v) is 6.78. The minimum atomic E-state index is -0.421. The van der Waals surface area contributed by atoms with E-state index in [-0.39, 0.29) is 19.0 Å². The Morgan fingerprint density at radius 2 is 1.93 bits per heavy atom. The number of benzene rings is 2. The van der Waals surface area contributed by atoms with Gasteiger partial charge in [0.1, 0.15) is 12.9 Å². The van der Waals surface area contributed by atoms with Crippen molar-refractivity contribution in [2.45, 2.75) is 20.0 Å². The molecule has 30 heavy (non-hydrogen) atoms. The molecule has 0 bridgehead atoms. The highest BCUT2D eigenvalue weighted by Gasteiger charge is 2.15. The van der Waals surface area contributed by atoms with Gasteiger partial charge in [-0.3, -0.25) is 4.79 Å². The van der Waals surface area contributed by atoms with E-state index in [1.807, 2.05) is 37.3 Å². The van der Waals surface area contributed by atoms with Crippen LogP contribution in [0.5, 0.6) is 11.5 Å². The van der Waals surface area contributed by atoms with Crippen molar-refractivity contribution in [3.63, 3.8) is 0 Å². The lowest BCUT2D eigenvalue weighted by Crippen LogP contribution is -2.32. The summed E-state index contributed by atoms with van der Waals surface area (Å²) < 4.78 is 13.1. The fourth-order valence-electron chi connectivity index (χ4n) is 3.42. The van der Waals surface area contributed by atoms with E-state index < -0.39 is 5.69 Å². The van der Waals surface area contributed by atoms with Crippen LogP contribution in [0.3, 0.4) is 0 Å². The number of amides is 1. The summed E-state index contributed by atoms with van der Waals surface area (Å²) in [6, 6.07) is 11.1. The number of rotatable bonds is 6. The van der Waals surface area contributed by atoms with E-state index in [2.05, 4.69) is 15.4 Å². The molecule has 4 aromatic rings. The van der Waals surface area contributed by atoms with E-state index in [0.29, 0.717) is 17.1 Å². The van der Waals surface area contributed by atoms with Gasteiger partial charge >= 0.3 is 5.69 Å². The van der Waals surface area contributed by atoms with Crippen LogP contribution in [0.4, 0.5) is 0 Å². The Labute approximate surface area is 171 Å². The summed E-state index contributed by atoms with van der Waals surface area (Å²) in [6.45, 7) is 1.96. The average molecular weight is 407 g/mol. The van der Waals surface area contributed by atoms with Crippen molar-refractivity contribution in [2.75, 3.05) is 14.2 Å². The molecular formula is C21H21N5O4. The van der Waals surface area contributed by atoms with E-state index in [9.17, 15) is 9.59 Å². The first-order valence-corrected chi connectivity index (χ1v) is 9.33. The van der Waals surface area contributed by atoms with Crippen LogP contribution in [-0.4, -0.2) is 39.3 Å². The van der Waals surface area contributed by atoms with Crippen molar-refractivity contribution in [3.8, 4) is 11.5 Å². The third kappa shape index (κ3) is 3.34. The standard InChI is InChI=1S/C21H21N5O4/c1-13-6-4-8-15-18(13)23-12-25-20(15)24-26(21(25)28)11-17(27)22-10-14-7-5-9-16(29-2)19(14)30-3/h4-9,12H,10-11H2,1-3H3,(H,22,27).